The molecule has 1 N–H and O–H groups in total. The van der Waals surface area contributed by atoms with E-state index in [-0.39, 0.29) is 0 Å². The summed E-state index contributed by atoms with van der Waals surface area (Å²) in [5.74, 6) is 0.989. The number of hydrogen-bond acceptors (Lipinski definition) is 2. The maximum Gasteiger partial charge on any atom is 0.122 e. The molecular formula is C14H23NO. The third kappa shape index (κ3) is 3.53. The van der Waals surface area contributed by atoms with Gasteiger partial charge in [-0.15, -0.1) is 0 Å². The molecule has 90 valence electrons. The summed E-state index contributed by atoms with van der Waals surface area (Å²) in [6.45, 7) is 8.60. The van der Waals surface area contributed by atoms with Crippen molar-refractivity contribution < 1.29 is 4.74 Å². The number of ether oxygens (including phenoxy) is 1. The van der Waals surface area contributed by atoms with Gasteiger partial charge in [-0.05, 0) is 62.5 Å². The lowest BCUT2D eigenvalue weighted by molar-refractivity contribution is 0.411. The highest BCUT2D eigenvalue weighted by Gasteiger charge is 2.04. The maximum atomic E-state index is 5.31. The number of hydrogen-bond donors (Lipinski definition) is 1. The Kier molecular flexibility index (Phi) is 5.33. The van der Waals surface area contributed by atoms with Gasteiger partial charge in [0.15, 0.2) is 0 Å². The van der Waals surface area contributed by atoms with Gasteiger partial charge in [0, 0.05) is 0 Å². The zero-order valence-electron chi connectivity index (χ0n) is 10.9. The molecule has 0 atom stereocenters. The normalized spacial score (nSPS) is 10.5. The second kappa shape index (κ2) is 6.54. The number of aryl methyl sites for hydroxylation is 2. The summed E-state index contributed by atoms with van der Waals surface area (Å²) in [6, 6.07) is 4.37. The lowest BCUT2D eigenvalue weighted by Gasteiger charge is -2.11. The van der Waals surface area contributed by atoms with E-state index < -0.39 is 0 Å². The molecule has 2 heteroatoms. The van der Waals surface area contributed by atoms with E-state index in [1.54, 1.807) is 7.11 Å². The Morgan fingerprint density at radius 3 is 2.50 bits per heavy atom. The van der Waals surface area contributed by atoms with Crippen LogP contribution < -0.4 is 10.1 Å². The zero-order chi connectivity index (χ0) is 12.0. The summed E-state index contributed by atoms with van der Waals surface area (Å²) >= 11 is 0. The molecule has 0 aliphatic heterocycles. The van der Waals surface area contributed by atoms with Crippen LogP contribution in [0.3, 0.4) is 0 Å². The van der Waals surface area contributed by atoms with Crippen molar-refractivity contribution in [3.63, 3.8) is 0 Å². The van der Waals surface area contributed by atoms with Gasteiger partial charge < -0.3 is 10.1 Å². The van der Waals surface area contributed by atoms with Crippen LogP contribution in [-0.4, -0.2) is 20.2 Å². The van der Waals surface area contributed by atoms with Crippen LogP contribution in [0.2, 0.25) is 0 Å². The predicted molar refractivity (Wildman–Crippen MR) is 69.3 cm³/mol. The van der Waals surface area contributed by atoms with E-state index in [2.05, 4.69) is 38.2 Å². The number of nitrogens with one attached hydrogen (secondary N) is 1. The van der Waals surface area contributed by atoms with Crippen LogP contribution in [0, 0.1) is 13.8 Å². The lowest BCUT2D eigenvalue weighted by atomic mass is 10.0. The molecule has 0 aliphatic rings. The molecule has 0 bridgehead atoms. The van der Waals surface area contributed by atoms with Gasteiger partial charge in [0.05, 0.1) is 7.11 Å². The second-order valence-corrected chi connectivity index (χ2v) is 4.25. The first-order valence-corrected chi connectivity index (χ1v) is 6.03. The number of benzene rings is 1. The Hall–Kier alpha value is -1.02. The van der Waals surface area contributed by atoms with Crippen molar-refractivity contribution in [1.82, 2.24) is 5.32 Å². The van der Waals surface area contributed by atoms with Crippen LogP contribution in [0.5, 0.6) is 5.75 Å². The third-order valence-corrected chi connectivity index (χ3v) is 2.85. The highest BCUT2D eigenvalue weighted by Crippen LogP contribution is 2.22. The van der Waals surface area contributed by atoms with Crippen LogP contribution in [0.1, 0.15) is 30.0 Å². The van der Waals surface area contributed by atoms with Gasteiger partial charge in [0.1, 0.15) is 5.75 Å². The quantitative estimate of drug-likeness (QED) is 0.746. The minimum atomic E-state index is 0.989. The molecule has 1 aromatic rings. The van der Waals surface area contributed by atoms with Gasteiger partial charge in [-0.3, -0.25) is 0 Å². The van der Waals surface area contributed by atoms with Crippen LogP contribution in [0.4, 0.5) is 0 Å². The number of methoxy groups -OCH3 is 1. The molecular weight excluding hydrogens is 198 g/mol. The van der Waals surface area contributed by atoms with E-state index >= 15 is 0 Å². The van der Waals surface area contributed by atoms with Gasteiger partial charge in [-0.2, -0.15) is 0 Å². The average molecular weight is 221 g/mol. The maximum absolute atomic E-state index is 5.31. The molecule has 0 aromatic heterocycles. The highest BCUT2D eigenvalue weighted by molar-refractivity contribution is 5.41. The van der Waals surface area contributed by atoms with Crippen molar-refractivity contribution in [3.05, 3.63) is 28.8 Å². The fourth-order valence-corrected chi connectivity index (χ4v) is 1.86. The Bertz CT molecular complexity index is 334. The predicted octanol–water partition coefficient (Wildman–Crippen LogP) is 2.85. The minimum absolute atomic E-state index is 0.989. The zero-order valence-corrected chi connectivity index (χ0v) is 10.9. The van der Waals surface area contributed by atoms with E-state index in [4.69, 9.17) is 4.74 Å². The fourth-order valence-electron chi connectivity index (χ4n) is 1.86. The summed E-state index contributed by atoms with van der Waals surface area (Å²) in [7, 11) is 1.73. The molecule has 0 heterocycles. The Morgan fingerprint density at radius 2 is 1.88 bits per heavy atom. The SMILES string of the molecule is CCCNCCc1cc(C)c(OC)cc1C. The van der Waals surface area contributed by atoms with E-state index in [9.17, 15) is 0 Å². The summed E-state index contributed by atoms with van der Waals surface area (Å²) in [5, 5.41) is 3.43. The molecule has 2 nitrogen and oxygen atoms in total. The van der Waals surface area contributed by atoms with Crippen molar-refractivity contribution in [1.29, 1.82) is 0 Å². The Labute approximate surface area is 99.0 Å². The molecule has 0 fully saturated rings. The molecule has 0 spiro atoms. The molecule has 0 amide bonds. The lowest BCUT2D eigenvalue weighted by Crippen LogP contribution is -2.18. The molecule has 1 aromatic carbocycles. The Morgan fingerprint density at radius 1 is 1.12 bits per heavy atom. The summed E-state index contributed by atoms with van der Waals surface area (Å²) in [6.07, 6.45) is 2.29. The fraction of sp³-hybridized carbons (Fsp3) is 0.571. The van der Waals surface area contributed by atoms with Crippen LogP contribution >= 0.6 is 0 Å². The van der Waals surface area contributed by atoms with E-state index in [0.29, 0.717) is 0 Å². The third-order valence-electron chi connectivity index (χ3n) is 2.85. The average Bonchev–Trinajstić information content (AvgIpc) is 2.28. The summed E-state index contributed by atoms with van der Waals surface area (Å²) in [5.41, 5.74) is 3.96. The van der Waals surface area contributed by atoms with Crippen LogP contribution in [0.25, 0.3) is 0 Å². The highest BCUT2D eigenvalue weighted by atomic mass is 16.5. The summed E-state index contributed by atoms with van der Waals surface area (Å²) in [4.78, 5) is 0. The first kappa shape index (κ1) is 13.0. The van der Waals surface area contributed by atoms with E-state index in [0.717, 1.165) is 25.3 Å². The van der Waals surface area contributed by atoms with Gasteiger partial charge in [-0.25, -0.2) is 0 Å². The smallest absolute Gasteiger partial charge is 0.122 e. The number of rotatable bonds is 6. The van der Waals surface area contributed by atoms with Gasteiger partial charge in [-0.1, -0.05) is 13.0 Å². The van der Waals surface area contributed by atoms with Gasteiger partial charge in [0.2, 0.25) is 0 Å². The largest absolute Gasteiger partial charge is 0.496 e. The van der Waals surface area contributed by atoms with Crippen LogP contribution in [-0.2, 0) is 6.42 Å². The summed E-state index contributed by atoms with van der Waals surface area (Å²) < 4.78 is 5.31. The first-order chi connectivity index (χ1) is 7.69. The first-order valence-electron chi connectivity index (χ1n) is 6.03. The standard InChI is InChI=1S/C14H23NO/c1-5-7-15-8-6-13-9-12(3)14(16-4)10-11(13)2/h9-10,15H,5-8H2,1-4H3. The van der Waals surface area contributed by atoms with E-state index in [1.165, 1.54) is 23.1 Å². The topological polar surface area (TPSA) is 21.3 Å². The van der Waals surface area contributed by atoms with E-state index in [1.807, 2.05) is 0 Å². The molecule has 0 unspecified atom stereocenters. The van der Waals surface area contributed by atoms with Crippen molar-refractivity contribution in [2.24, 2.45) is 0 Å². The van der Waals surface area contributed by atoms with Gasteiger partial charge >= 0.3 is 0 Å². The van der Waals surface area contributed by atoms with Crippen molar-refractivity contribution >= 4 is 0 Å². The van der Waals surface area contributed by atoms with Crippen molar-refractivity contribution in [2.75, 3.05) is 20.2 Å². The van der Waals surface area contributed by atoms with Crippen LogP contribution in [0.15, 0.2) is 12.1 Å². The molecule has 0 saturated heterocycles. The van der Waals surface area contributed by atoms with Crippen molar-refractivity contribution in [3.8, 4) is 5.75 Å². The van der Waals surface area contributed by atoms with Gasteiger partial charge in [0.25, 0.3) is 0 Å². The molecule has 16 heavy (non-hydrogen) atoms. The molecule has 0 radical (unpaired) electrons. The molecule has 0 aliphatic carbocycles. The second-order valence-electron chi connectivity index (χ2n) is 4.25. The molecule has 0 saturated carbocycles. The van der Waals surface area contributed by atoms with Crippen molar-refractivity contribution in [2.45, 2.75) is 33.6 Å². The minimum Gasteiger partial charge on any atom is -0.496 e. The monoisotopic (exact) mass is 221 g/mol. The molecule has 1 rings (SSSR count). The Balaban J connectivity index is 2.63.